The fourth-order valence-electron chi connectivity index (χ4n) is 1.72. The number of rotatable bonds is 1. The molecular formula is C9H13BrN4. The molecule has 1 saturated heterocycles. The van der Waals surface area contributed by atoms with Crippen molar-refractivity contribution in [3.05, 3.63) is 10.8 Å². The van der Waals surface area contributed by atoms with Gasteiger partial charge in [-0.25, -0.2) is 9.97 Å². The highest BCUT2D eigenvalue weighted by atomic mass is 79.9. The molecule has 1 aromatic heterocycles. The monoisotopic (exact) mass is 256 g/mol. The predicted octanol–water partition coefficient (Wildman–Crippen LogP) is 1.67. The summed E-state index contributed by atoms with van der Waals surface area (Å²) in [4.78, 5) is 10.4. The van der Waals surface area contributed by atoms with E-state index in [0.29, 0.717) is 5.82 Å². The van der Waals surface area contributed by atoms with Crippen LogP contribution in [0.3, 0.4) is 0 Å². The van der Waals surface area contributed by atoms with Crippen LogP contribution < -0.4 is 10.6 Å². The smallest absolute Gasteiger partial charge is 0.148 e. The summed E-state index contributed by atoms with van der Waals surface area (Å²) in [6.45, 7) is 4.35. The average Bonchev–Trinajstić information content (AvgIpc) is 2.57. The van der Waals surface area contributed by atoms with Crippen molar-refractivity contribution in [1.29, 1.82) is 0 Å². The van der Waals surface area contributed by atoms with E-state index in [2.05, 4.69) is 37.7 Å². The van der Waals surface area contributed by atoms with Crippen LogP contribution in [0.25, 0.3) is 0 Å². The minimum absolute atomic E-state index is 0.509. The van der Waals surface area contributed by atoms with Crippen LogP contribution in [0, 0.1) is 5.92 Å². The zero-order valence-electron chi connectivity index (χ0n) is 8.07. The van der Waals surface area contributed by atoms with E-state index in [9.17, 15) is 0 Å². The Bertz CT molecular complexity index is 342. The third-order valence-corrected chi connectivity index (χ3v) is 3.28. The van der Waals surface area contributed by atoms with Crippen molar-refractivity contribution in [3.8, 4) is 0 Å². The molecule has 1 aliphatic rings. The minimum atomic E-state index is 0.509. The maximum atomic E-state index is 5.70. The zero-order chi connectivity index (χ0) is 10.1. The molecule has 1 atom stereocenters. The highest BCUT2D eigenvalue weighted by molar-refractivity contribution is 9.10. The van der Waals surface area contributed by atoms with Gasteiger partial charge in [0.05, 0.1) is 0 Å². The van der Waals surface area contributed by atoms with E-state index in [1.807, 2.05) is 0 Å². The van der Waals surface area contributed by atoms with Crippen molar-refractivity contribution in [2.75, 3.05) is 23.7 Å². The normalized spacial score (nSPS) is 21.6. The summed E-state index contributed by atoms with van der Waals surface area (Å²) in [5.41, 5.74) is 5.70. The Kier molecular flexibility index (Phi) is 2.58. The van der Waals surface area contributed by atoms with Gasteiger partial charge in [0, 0.05) is 13.1 Å². The van der Waals surface area contributed by atoms with Gasteiger partial charge in [-0.1, -0.05) is 6.92 Å². The van der Waals surface area contributed by atoms with Crippen LogP contribution in [-0.2, 0) is 0 Å². The van der Waals surface area contributed by atoms with Crippen LogP contribution in [0.15, 0.2) is 10.8 Å². The Balaban J connectivity index is 2.28. The second kappa shape index (κ2) is 3.73. The first-order chi connectivity index (χ1) is 6.68. The number of halogens is 1. The van der Waals surface area contributed by atoms with E-state index in [-0.39, 0.29) is 0 Å². The van der Waals surface area contributed by atoms with Gasteiger partial charge in [0.15, 0.2) is 0 Å². The van der Waals surface area contributed by atoms with Crippen LogP contribution in [0.4, 0.5) is 11.6 Å². The molecule has 0 amide bonds. The molecule has 2 heterocycles. The lowest BCUT2D eigenvalue weighted by molar-refractivity contribution is 0.658. The maximum Gasteiger partial charge on any atom is 0.148 e. The summed E-state index contributed by atoms with van der Waals surface area (Å²) < 4.78 is 0.814. The number of nitrogen functional groups attached to an aromatic ring is 1. The molecule has 1 aliphatic heterocycles. The molecule has 5 heteroatoms. The fraction of sp³-hybridized carbons (Fsp3) is 0.556. The molecule has 0 saturated carbocycles. The van der Waals surface area contributed by atoms with Crippen molar-refractivity contribution >= 4 is 27.6 Å². The van der Waals surface area contributed by atoms with Gasteiger partial charge in [-0.05, 0) is 28.3 Å². The maximum absolute atomic E-state index is 5.70. The first-order valence-corrected chi connectivity index (χ1v) is 5.48. The van der Waals surface area contributed by atoms with Crippen LogP contribution in [0.5, 0.6) is 0 Å². The lowest BCUT2D eigenvalue weighted by atomic mass is 10.2. The number of nitrogens with two attached hydrogens (primary N) is 1. The van der Waals surface area contributed by atoms with Crippen molar-refractivity contribution in [2.24, 2.45) is 5.92 Å². The Labute approximate surface area is 91.7 Å². The molecule has 0 bridgehead atoms. The van der Waals surface area contributed by atoms with E-state index in [1.54, 1.807) is 0 Å². The lowest BCUT2D eigenvalue weighted by Crippen LogP contribution is -2.21. The van der Waals surface area contributed by atoms with E-state index < -0.39 is 0 Å². The Morgan fingerprint density at radius 2 is 2.36 bits per heavy atom. The van der Waals surface area contributed by atoms with Crippen molar-refractivity contribution < 1.29 is 0 Å². The second-order valence-electron chi connectivity index (χ2n) is 3.74. The highest BCUT2D eigenvalue weighted by Crippen LogP contribution is 2.30. The third-order valence-electron chi connectivity index (χ3n) is 2.52. The van der Waals surface area contributed by atoms with Gasteiger partial charge in [0.2, 0.25) is 0 Å². The average molecular weight is 257 g/mol. The molecule has 14 heavy (non-hydrogen) atoms. The van der Waals surface area contributed by atoms with Crippen LogP contribution >= 0.6 is 15.9 Å². The lowest BCUT2D eigenvalue weighted by Gasteiger charge is -2.18. The number of aromatic nitrogens is 2. The van der Waals surface area contributed by atoms with Gasteiger partial charge in [-0.15, -0.1) is 0 Å². The standard InChI is InChI=1S/C9H13BrN4/c1-6-2-3-14(4-6)9-7(10)8(11)12-5-13-9/h5-6H,2-4H2,1H3,(H2,11,12,13). The molecule has 1 unspecified atom stereocenters. The number of hydrogen-bond donors (Lipinski definition) is 1. The van der Waals surface area contributed by atoms with E-state index in [1.165, 1.54) is 12.7 Å². The zero-order valence-corrected chi connectivity index (χ0v) is 9.66. The Hall–Kier alpha value is -0.840. The molecule has 0 aliphatic carbocycles. The molecule has 2 N–H and O–H groups in total. The minimum Gasteiger partial charge on any atom is -0.383 e. The molecule has 0 radical (unpaired) electrons. The van der Waals surface area contributed by atoms with Gasteiger partial charge >= 0.3 is 0 Å². The van der Waals surface area contributed by atoms with Crippen molar-refractivity contribution in [1.82, 2.24) is 9.97 Å². The van der Waals surface area contributed by atoms with Crippen LogP contribution in [0.1, 0.15) is 13.3 Å². The topological polar surface area (TPSA) is 55.0 Å². The molecule has 1 aromatic rings. The molecule has 2 rings (SSSR count). The van der Waals surface area contributed by atoms with Gasteiger partial charge in [-0.2, -0.15) is 0 Å². The van der Waals surface area contributed by atoms with Crippen LogP contribution in [0.2, 0.25) is 0 Å². The first kappa shape index (κ1) is 9.71. The molecule has 76 valence electrons. The van der Waals surface area contributed by atoms with E-state index in [0.717, 1.165) is 29.3 Å². The second-order valence-corrected chi connectivity index (χ2v) is 4.53. The third kappa shape index (κ3) is 1.68. The molecule has 0 aromatic carbocycles. The summed E-state index contributed by atoms with van der Waals surface area (Å²) in [7, 11) is 0. The predicted molar refractivity (Wildman–Crippen MR) is 60.1 cm³/mol. The quantitative estimate of drug-likeness (QED) is 0.831. The highest BCUT2D eigenvalue weighted by Gasteiger charge is 2.22. The first-order valence-electron chi connectivity index (χ1n) is 4.69. The van der Waals surface area contributed by atoms with E-state index in [4.69, 9.17) is 5.73 Å². The SMILES string of the molecule is CC1CCN(c2ncnc(N)c2Br)C1. The molecule has 1 fully saturated rings. The van der Waals surface area contributed by atoms with Crippen molar-refractivity contribution in [3.63, 3.8) is 0 Å². The number of hydrogen-bond acceptors (Lipinski definition) is 4. The Morgan fingerprint density at radius 3 is 3.00 bits per heavy atom. The summed E-state index contributed by atoms with van der Waals surface area (Å²) >= 11 is 3.42. The van der Waals surface area contributed by atoms with Crippen LogP contribution in [-0.4, -0.2) is 23.1 Å². The Morgan fingerprint density at radius 1 is 1.57 bits per heavy atom. The van der Waals surface area contributed by atoms with Gasteiger partial charge < -0.3 is 10.6 Å². The summed E-state index contributed by atoms with van der Waals surface area (Å²) in [5.74, 6) is 2.16. The van der Waals surface area contributed by atoms with Crippen molar-refractivity contribution in [2.45, 2.75) is 13.3 Å². The van der Waals surface area contributed by atoms with E-state index >= 15 is 0 Å². The summed E-state index contributed by atoms with van der Waals surface area (Å²) in [5, 5.41) is 0. The molecular weight excluding hydrogens is 244 g/mol. The van der Waals surface area contributed by atoms with Gasteiger partial charge in [-0.3, -0.25) is 0 Å². The summed E-state index contributed by atoms with van der Waals surface area (Å²) in [6, 6.07) is 0. The molecule has 0 spiro atoms. The summed E-state index contributed by atoms with van der Waals surface area (Å²) in [6.07, 6.45) is 2.73. The number of nitrogens with zero attached hydrogens (tertiary/aromatic N) is 3. The largest absolute Gasteiger partial charge is 0.383 e. The van der Waals surface area contributed by atoms with Gasteiger partial charge in [0.25, 0.3) is 0 Å². The number of anilines is 2. The molecule has 4 nitrogen and oxygen atoms in total. The fourth-order valence-corrected chi connectivity index (χ4v) is 2.18. The van der Waals surface area contributed by atoms with Gasteiger partial charge in [0.1, 0.15) is 22.4 Å².